The average Bonchev–Trinajstić information content (AvgIpc) is 2.94. The van der Waals surface area contributed by atoms with E-state index in [-0.39, 0.29) is 0 Å². The molecule has 2 heterocycles. The Morgan fingerprint density at radius 1 is 0.972 bits per heavy atom. The second-order valence-corrected chi connectivity index (χ2v) is 8.45. The number of nitrogens with zero attached hydrogens (tertiary/aromatic N) is 3. The smallest absolute Gasteiger partial charge is 0.228 e. The maximum absolute atomic E-state index is 7.60. The van der Waals surface area contributed by atoms with E-state index in [2.05, 4.69) is 10.2 Å². The van der Waals surface area contributed by atoms with Crippen molar-refractivity contribution in [2.75, 3.05) is 42.3 Å². The van der Waals surface area contributed by atoms with Gasteiger partial charge in [-0.15, -0.1) is 0 Å². The largest absolute Gasteiger partial charge is 0.489 e. The lowest BCUT2D eigenvalue weighted by Gasteiger charge is -2.27. The lowest BCUT2D eigenvalue weighted by Crippen LogP contribution is -2.37. The predicted octanol–water partition coefficient (Wildman–Crippen LogP) is 4.88. The molecule has 0 amide bonds. The number of anilines is 4. The highest BCUT2D eigenvalue weighted by molar-refractivity contribution is 5.87. The van der Waals surface area contributed by atoms with Crippen molar-refractivity contribution in [2.24, 2.45) is 0 Å². The molecular weight excluding hydrogens is 452 g/mol. The van der Waals surface area contributed by atoms with Crippen molar-refractivity contribution in [3.63, 3.8) is 0 Å². The summed E-state index contributed by atoms with van der Waals surface area (Å²) in [6, 6.07) is 25.4. The quantitative estimate of drug-likeness (QED) is 0.243. The summed E-state index contributed by atoms with van der Waals surface area (Å²) in [5.74, 6) is 2.06. The van der Waals surface area contributed by atoms with E-state index in [1.807, 2.05) is 72.8 Å². The molecule has 8 nitrogen and oxygen atoms in total. The third kappa shape index (κ3) is 5.61. The normalized spacial score (nSPS) is 13.3. The van der Waals surface area contributed by atoms with E-state index in [1.165, 1.54) is 6.21 Å². The Morgan fingerprint density at radius 2 is 1.81 bits per heavy atom. The molecule has 36 heavy (non-hydrogen) atoms. The zero-order chi connectivity index (χ0) is 24.7. The van der Waals surface area contributed by atoms with E-state index in [4.69, 9.17) is 30.6 Å². The first-order chi connectivity index (χ1) is 17.7. The van der Waals surface area contributed by atoms with Crippen LogP contribution in [-0.2, 0) is 11.3 Å². The van der Waals surface area contributed by atoms with Crippen LogP contribution < -0.4 is 20.7 Å². The molecule has 1 aromatic heterocycles. The fraction of sp³-hybridized carbons (Fsp3) is 0.179. The monoisotopic (exact) mass is 480 g/mol. The lowest BCUT2D eigenvalue weighted by atomic mass is 10.1. The van der Waals surface area contributed by atoms with Crippen LogP contribution in [0.15, 0.2) is 78.9 Å². The number of nitrogens with two attached hydrogens (primary N) is 1. The van der Waals surface area contributed by atoms with Crippen LogP contribution >= 0.6 is 0 Å². The molecule has 0 radical (unpaired) electrons. The molecule has 1 aliphatic rings. The molecule has 5 rings (SSSR count). The fourth-order valence-corrected chi connectivity index (χ4v) is 3.96. The highest BCUT2D eigenvalue weighted by Gasteiger charge is 2.17. The first-order valence-electron chi connectivity index (χ1n) is 11.8. The Balaban J connectivity index is 1.45. The first kappa shape index (κ1) is 23.3. The van der Waals surface area contributed by atoms with E-state index in [0.717, 1.165) is 41.3 Å². The highest BCUT2D eigenvalue weighted by atomic mass is 16.5. The second kappa shape index (κ2) is 10.9. The molecule has 4 aromatic rings. The van der Waals surface area contributed by atoms with Crippen LogP contribution in [-0.4, -0.2) is 42.5 Å². The zero-order valence-corrected chi connectivity index (χ0v) is 19.9. The minimum atomic E-state index is 0.492. The molecule has 8 heteroatoms. The van der Waals surface area contributed by atoms with Crippen LogP contribution in [0, 0.1) is 5.41 Å². The van der Waals surface area contributed by atoms with Gasteiger partial charge < -0.3 is 30.8 Å². The molecule has 3 aromatic carbocycles. The fourth-order valence-electron chi connectivity index (χ4n) is 3.96. The minimum absolute atomic E-state index is 0.492. The minimum Gasteiger partial charge on any atom is -0.489 e. The van der Waals surface area contributed by atoms with E-state index in [0.29, 0.717) is 42.8 Å². The summed E-state index contributed by atoms with van der Waals surface area (Å²) < 4.78 is 11.6. The molecule has 182 valence electrons. The van der Waals surface area contributed by atoms with Crippen molar-refractivity contribution < 1.29 is 9.47 Å². The SMILES string of the molecule is N=Cc1cc(Nc2cc(-c3cccc(OCc4ccccc4)c3)nc(N3CCOCC3)n2)ccc1N. The van der Waals surface area contributed by atoms with Gasteiger partial charge in [-0.3, -0.25) is 0 Å². The van der Waals surface area contributed by atoms with E-state index in [9.17, 15) is 0 Å². The molecule has 0 bridgehead atoms. The summed E-state index contributed by atoms with van der Waals surface area (Å²) in [4.78, 5) is 11.8. The summed E-state index contributed by atoms with van der Waals surface area (Å²) in [6.07, 6.45) is 1.24. The van der Waals surface area contributed by atoms with Gasteiger partial charge in [-0.25, -0.2) is 4.98 Å². The molecule has 1 fully saturated rings. The zero-order valence-electron chi connectivity index (χ0n) is 19.9. The third-order valence-corrected chi connectivity index (χ3v) is 5.90. The number of rotatable bonds is 8. The van der Waals surface area contributed by atoms with Crippen LogP contribution in [0.2, 0.25) is 0 Å². The highest BCUT2D eigenvalue weighted by Crippen LogP contribution is 2.29. The summed E-state index contributed by atoms with van der Waals surface area (Å²) in [5.41, 5.74) is 10.8. The number of nitrogen functional groups attached to an aromatic ring is 1. The number of aromatic nitrogens is 2. The summed E-state index contributed by atoms with van der Waals surface area (Å²) >= 11 is 0. The number of hydrogen-bond donors (Lipinski definition) is 3. The van der Waals surface area contributed by atoms with E-state index >= 15 is 0 Å². The van der Waals surface area contributed by atoms with Gasteiger partial charge in [0.05, 0.1) is 18.9 Å². The molecule has 1 aliphatic heterocycles. The molecule has 0 atom stereocenters. The molecule has 0 spiro atoms. The van der Waals surface area contributed by atoms with Crippen LogP contribution in [0.3, 0.4) is 0 Å². The van der Waals surface area contributed by atoms with Crippen molar-refractivity contribution in [2.45, 2.75) is 6.61 Å². The summed E-state index contributed by atoms with van der Waals surface area (Å²) in [7, 11) is 0. The van der Waals surface area contributed by atoms with Crippen LogP contribution in [0.25, 0.3) is 11.3 Å². The maximum Gasteiger partial charge on any atom is 0.228 e. The van der Waals surface area contributed by atoms with Crippen molar-refractivity contribution in [3.05, 3.63) is 90.0 Å². The third-order valence-electron chi connectivity index (χ3n) is 5.90. The van der Waals surface area contributed by atoms with Crippen molar-refractivity contribution in [3.8, 4) is 17.0 Å². The predicted molar refractivity (Wildman–Crippen MR) is 143 cm³/mol. The van der Waals surface area contributed by atoms with Gasteiger partial charge in [0.15, 0.2) is 0 Å². The van der Waals surface area contributed by atoms with Gasteiger partial charge in [0.2, 0.25) is 5.95 Å². The molecule has 4 N–H and O–H groups in total. The standard InChI is InChI=1S/C28H28N6O2/c29-18-22-15-23(9-10-25(22)30)31-27-17-26(32-28(33-27)34-11-13-35-14-12-34)21-7-4-8-24(16-21)36-19-20-5-2-1-3-6-20/h1-10,15-18,29H,11-14,19,30H2,(H,31,32,33). The molecule has 0 saturated carbocycles. The summed E-state index contributed by atoms with van der Waals surface area (Å²) in [5, 5.41) is 11.0. The van der Waals surface area contributed by atoms with Gasteiger partial charge in [0, 0.05) is 47.9 Å². The Labute approximate surface area is 210 Å². The molecule has 0 unspecified atom stereocenters. The number of hydrogen-bond acceptors (Lipinski definition) is 8. The van der Waals surface area contributed by atoms with Crippen molar-refractivity contribution in [1.29, 1.82) is 5.41 Å². The van der Waals surface area contributed by atoms with Crippen molar-refractivity contribution in [1.82, 2.24) is 9.97 Å². The Morgan fingerprint density at radius 3 is 2.61 bits per heavy atom. The average molecular weight is 481 g/mol. The van der Waals surface area contributed by atoms with E-state index < -0.39 is 0 Å². The second-order valence-electron chi connectivity index (χ2n) is 8.45. The van der Waals surface area contributed by atoms with Crippen LogP contribution in [0.4, 0.5) is 23.1 Å². The summed E-state index contributed by atoms with van der Waals surface area (Å²) in [6.45, 7) is 3.22. The Bertz CT molecular complexity index is 1340. The van der Waals surface area contributed by atoms with Gasteiger partial charge in [0.1, 0.15) is 18.2 Å². The number of benzene rings is 3. The Kier molecular flexibility index (Phi) is 7.05. The molecule has 0 aliphatic carbocycles. The topological polar surface area (TPSA) is 109 Å². The van der Waals surface area contributed by atoms with Crippen LogP contribution in [0.5, 0.6) is 5.75 Å². The van der Waals surface area contributed by atoms with Gasteiger partial charge >= 0.3 is 0 Å². The van der Waals surface area contributed by atoms with E-state index in [1.54, 1.807) is 6.07 Å². The van der Waals surface area contributed by atoms with Gasteiger partial charge in [0.25, 0.3) is 0 Å². The number of morpholine rings is 1. The molecule has 1 saturated heterocycles. The lowest BCUT2D eigenvalue weighted by molar-refractivity contribution is 0.122. The van der Waals surface area contributed by atoms with Gasteiger partial charge in [-0.2, -0.15) is 4.98 Å². The van der Waals surface area contributed by atoms with Gasteiger partial charge in [-0.05, 0) is 35.9 Å². The number of ether oxygens (including phenoxy) is 2. The Hall–Kier alpha value is -4.43. The number of nitrogens with one attached hydrogen (secondary N) is 2. The first-order valence-corrected chi connectivity index (χ1v) is 11.8. The van der Waals surface area contributed by atoms with Crippen molar-refractivity contribution >= 4 is 29.4 Å². The molecular formula is C28H28N6O2. The maximum atomic E-state index is 7.60. The van der Waals surface area contributed by atoms with Gasteiger partial charge in [-0.1, -0.05) is 42.5 Å². The van der Waals surface area contributed by atoms with Crippen LogP contribution in [0.1, 0.15) is 11.1 Å².